The van der Waals surface area contributed by atoms with Crippen molar-refractivity contribution in [3.63, 3.8) is 0 Å². The lowest BCUT2D eigenvalue weighted by molar-refractivity contribution is -0.137. The maximum absolute atomic E-state index is 12.6. The number of carbonyl (C=O) groups excluding carboxylic acids is 1. The van der Waals surface area contributed by atoms with Gasteiger partial charge in [-0.15, -0.1) is 0 Å². The predicted molar refractivity (Wildman–Crippen MR) is 86.4 cm³/mol. The molecule has 138 valence electrons. The van der Waals surface area contributed by atoms with Gasteiger partial charge in [0.15, 0.2) is 9.84 Å². The molecule has 25 heavy (non-hydrogen) atoms. The van der Waals surface area contributed by atoms with Crippen molar-refractivity contribution in [3.05, 3.63) is 35.4 Å². The number of nitrogens with zero attached hydrogens (tertiary/aromatic N) is 1. The summed E-state index contributed by atoms with van der Waals surface area (Å²) in [5, 5.41) is 0. The molecule has 0 aromatic heterocycles. The normalized spacial score (nSPS) is 22.8. The highest BCUT2D eigenvalue weighted by Gasteiger charge is 2.36. The molecule has 4 nitrogen and oxygen atoms in total. The molecule has 1 atom stereocenters. The van der Waals surface area contributed by atoms with Crippen LogP contribution in [0.25, 0.3) is 0 Å². The summed E-state index contributed by atoms with van der Waals surface area (Å²) in [6, 6.07) is 4.95. The molecule has 1 heterocycles. The fourth-order valence-corrected chi connectivity index (χ4v) is 5.06. The van der Waals surface area contributed by atoms with Crippen molar-refractivity contribution in [2.45, 2.75) is 44.4 Å². The van der Waals surface area contributed by atoms with Gasteiger partial charge in [-0.2, -0.15) is 13.2 Å². The second-order valence-corrected chi connectivity index (χ2v) is 9.15. The molecule has 1 aliphatic carbocycles. The Labute approximate surface area is 144 Å². The Hall–Kier alpha value is -1.57. The maximum atomic E-state index is 12.6. The van der Waals surface area contributed by atoms with Crippen molar-refractivity contribution in [1.29, 1.82) is 0 Å². The molecular weight excluding hydrogens is 355 g/mol. The molecule has 1 aromatic carbocycles. The van der Waals surface area contributed by atoms with E-state index in [1.54, 1.807) is 4.90 Å². The van der Waals surface area contributed by atoms with E-state index in [1.807, 2.05) is 0 Å². The van der Waals surface area contributed by atoms with E-state index >= 15 is 0 Å². The highest BCUT2D eigenvalue weighted by atomic mass is 32.2. The number of benzene rings is 1. The summed E-state index contributed by atoms with van der Waals surface area (Å²) in [6.07, 6.45) is -1.91. The van der Waals surface area contributed by atoms with Crippen molar-refractivity contribution in [1.82, 2.24) is 4.90 Å². The Morgan fingerprint density at radius 3 is 2.24 bits per heavy atom. The second kappa shape index (κ2) is 6.63. The van der Waals surface area contributed by atoms with Crippen LogP contribution in [0.3, 0.4) is 0 Å². The van der Waals surface area contributed by atoms with Crippen LogP contribution in [0.1, 0.15) is 36.8 Å². The molecule has 1 aliphatic heterocycles. The summed E-state index contributed by atoms with van der Waals surface area (Å²) < 4.78 is 60.9. The Morgan fingerprint density at radius 1 is 1.12 bits per heavy atom. The summed E-state index contributed by atoms with van der Waals surface area (Å²) in [6.45, 7) is 0.265. The molecule has 0 N–H and O–H groups in total. The second-order valence-electron chi connectivity index (χ2n) is 6.92. The number of halogens is 3. The largest absolute Gasteiger partial charge is 0.416 e. The fraction of sp³-hybridized carbons (Fsp3) is 0.588. The first-order chi connectivity index (χ1) is 11.6. The van der Waals surface area contributed by atoms with E-state index in [0.717, 1.165) is 25.0 Å². The number of hydrogen-bond donors (Lipinski definition) is 0. The zero-order valence-corrected chi connectivity index (χ0v) is 14.4. The van der Waals surface area contributed by atoms with Gasteiger partial charge in [-0.3, -0.25) is 4.79 Å². The van der Waals surface area contributed by atoms with Crippen LogP contribution < -0.4 is 0 Å². The minimum absolute atomic E-state index is 0.0531. The summed E-state index contributed by atoms with van der Waals surface area (Å²) in [4.78, 5) is 14.3. The summed E-state index contributed by atoms with van der Waals surface area (Å²) >= 11 is 0. The van der Waals surface area contributed by atoms with Gasteiger partial charge in [-0.25, -0.2) is 8.42 Å². The van der Waals surface area contributed by atoms with Crippen LogP contribution in [-0.4, -0.2) is 36.8 Å². The highest BCUT2D eigenvalue weighted by molar-refractivity contribution is 7.91. The van der Waals surface area contributed by atoms with E-state index in [1.165, 1.54) is 12.1 Å². The predicted octanol–water partition coefficient (Wildman–Crippen LogP) is 3.02. The van der Waals surface area contributed by atoms with Crippen LogP contribution in [0.5, 0.6) is 0 Å². The minimum atomic E-state index is -4.38. The quantitative estimate of drug-likeness (QED) is 0.795. The van der Waals surface area contributed by atoms with Crippen LogP contribution in [0, 0.1) is 5.92 Å². The van der Waals surface area contributed by atoms with Gasteiger partial charge in [0.05, 0.1) is 17.1 Å². The van der Waals surface area contributed by atoms with Gasteiger partial charge in [0, 0.05) is 19.0 Å². The van der Waals surface area contributed by atoms with Crippen LogP contribution in [0.4, 0.5) is 13.2 Å². The number of rotatable bonds is 5. The lowest BCUT2D eigenvalue weighted by Crippen LogP contribution is -2.34. The van der Waals surface area contributed by atoms with E-state index in [9.17, 15) is 26.4 Å². The molecule has 2 aliphatic rings. The van der Waals surface area contributed by atoms with Gasteiger partial charge in [-0.05, 0) is 42.9 Å². The number of sulfone groups is 1. The van der Waals surface area contributed by atoms with E-state index in [2.05, 4.69) is 0 Å². The zero-order chi connectivity index (χ0) is 18.2. The minimum Gasteiger partial charge on any atom is -0.335 e. The van der Waals surface area contributed by atoms with Gasteiger partial charge >= 0.3 is 6.18 Å². The van der Waals surface area contributed by atoms with Gasteiger partial charge < -0.3 is 4.90 Å². The first-order valence-electron chi connectivity index (χ1n) is 8.30. The molecular formula is C17H20F3NO3S. The first-order valence-corrected chi connectivity index (χ1v) is 10.1. The SMILES string of the molecule is O=C(CC1CCS(=O)(=O)C1)N(Cc1ccc(C(F)(F)F)cc1)C1CC1. The Morgan fingerprint density at radius 2 is 1.76 bits per heavy atom. The van der Waals surface area contributed by atoms with Gasteiger partial charge in [0.25, 0.3) is 0 Å². The van der Waals surface area contributed by atoms with Gasteiger partial charge in [0.1, 0.15) is 0 Å². The van der Waals surface area contributed by atoms with E-state index in [0.29, 0.717) is 12.0 Å². The Balaban J connectivity index is 1.64. The summed E-state index contributed by atoms with van der Waals surface area (Å²) in [7, 11) is -3.03. The summed E-state index contributed by atoms with van der Waals surface area (Å²) in [5.74, 6) is -0.0685. The monoisotopic (exact) mass is 375 g/mol. The van der Waals surface area contributed by atoms with Crippen LogP contribution in [0.15, 0.2) is 24.3 Å². The molecule has 2 fully saturated rings. The average Bonchev–Trinajstić information content (AvgIpc) is 3.29. The fourth-order valence-electron chi connectivity index (χ4n) is 3.20. The number of alkyl halides is 3. The van der Waals surface area contributed by atoms with Crippen LogP contribution in [0.2, 0.25) is 0 Å². The first kappa shape index (κ1) is 18.2. The lowest BCUT2D eigenvalue weighted by atomic mass is 10.0. The average molecular weight is 375 g/mol. The number of hydrogen-bond acceptors (Lipinski definition) is 3. The molecule has 1 saturated heterocycles. The Bertz CT molecular complexity index is 739. The standard InChI is InChI=1S/C17H20F3NO3S/c18-17(19,20)14-3-1-12(2-4-14)10-21(15-5-6-15)16(22)9-13-7-8-25(23,24)11-13/h1-4,13,15H,5-11H2. The molecule has 3 rings (SSSR count). The maximum Gasteiger partial charge on any atom is 0.416 e. The van der Waals surface area contributed by atoms with E-state index in [4.69, 9.17) is 0 Å². The van der Waals surface area contributed by atoms with Crippen LogP contribution in [-0.2, 0) is 27.4 Å². The molecule has 8 heteroatoms. The third-order valence-corrected chi connectivity index (χ3v) is 6.57. The molecule has 1 saturated carbocycles. The number of amides is 1. The smallest absolute Gasteiger partial charge is 0.335 e. The van der Waals surface area contributed by atoms with E-state index < -0.39 is 21.6 Å². The topological polar surface area (TPSA) is 54.5 Å². The molecule has 0 bridgehead atoms. The van der Waals surface area contributed by atoms with Crippen LogP contribution >= 0.6 is 0 Å². The van der Waals surface area contributed by atoms with Crippen molar-refractivity contribution >= 4 is 15.7 Å². The molecule has 0 spiro atoms. The number of carbonyl (C=O) groups is 1. The van der Waals surface area contributed by atoms with Crippen molar-refractivity contribution in [2.75, 3.05) is 11.5 Å². The molecule has 1 aromatic rings. The van der Waals surface area contributed by atoms with Crippen molar-refractivity contribution in [2.24, 2.45) is 5.92 Å². The van der Waals surface area contributed by atoms with Gasteiger partial charge in [-0.1, -0.05) is 12.1 Å². The lowest BCUT2D eigenvalue weighted by Gasteiger charge is -2.24. The molecule has 1 amide bonds. The third kappa shape index (κ3) is 4.74. The Kier molecular flexibility index (Phi) is 4.83. The van der Waals surface area contributed by atoms with E-state index in [-0.39, 0.29) is 42.3 Å². The van der Waals surface area contributed by atoms with Gasteiger partial charge in [0.2, 0.25) is 5.91 Å². The summed E-state index contributed by atoms with van der Waals surface area (Å²) in [5.41, 5.74) is -0.0657. The molecule has 0 radical (unpaired) electrons. The third-order valence-electron chi connectivity index (χ3n) is 4.73. The van der Waals surface area contributed by atoms with Crippen molar-refractivity contribution < 1.29 is 26.4 Å². The van der Waals surface area contributed by atoms with Crippen molar-refractivity contribution in [3.8, 4) is 0 Å². The molecule has 1 unspecified atom stereocenters. The highest BCUT2D eigenvalue weighted by Crippen LogP contribution is 2.32. The zero-order valence-electron chi connectivity index (χ0n) is 13.6.